The van der Waals surface area contributed by atoms with E-state index >= 15 is 0 Å². The maximum atomic E-state index is 12.2. The lowest BCUT2D eigenvalue weighted by Gasteiger charge is -2.10. The van der Waals surface area contributed by atoms with Gasteiger partial charge in [0.1, 0.15) is 0 Å². The second kappa shape index (κ2) is 3.51. The Labute approximate surface area is 80.2 Å². The first kappa shape index (κ1) is 10.3. The zero-order chi connectivity index (χ0) is 10.1. The van der Waals surface area contributed by atoms with Crippen molar-refractivity contribution in [3.05, 3.63) is 22.4 Å². The van der Waals surface area contributed by atoms with E-state index in [1.165, 1.54) is 6.07 Å². The van der Waals surface area contributed by atoms with Gasteiger partial charge in [-0.05, 0) is 22.0 Å². The van der Waals surface area contributed by atoms with Crippen LogP contribution < -0.4 is 11.3 Å². The Morgan fingerprint density at radius 3 is 2.54 bits per heavy atom. The van der Waals surface area contributed by atoms with Crippen molar-refractivity contribution in [3.63, 3.8) is 0 Å². The molecule has 0 aliphatic rings. The molecule has 13 heavy (non-hydrogen) atoms. The van der Waals surface area contributed by atoms with Crippen molar-refractivity contribution >= 4 is 21.6 Å². The fourth-order valence-electron chi connectivity index (χ4n) is 0.775. The average Bonchev–Trinajstić information content (AvgIpc) is 2.01. The fourth-order valence-corrected chi connectivity index (χ4v) is 1.11. The van der Waals surface area contributed by atoms with Crippen molar-refractivity contribution in [2.75, 3.05) is 5.43 Å². The van der Waals surface area contributed by atoms with Crippen LogP contribution in [-0.4, -0.2) is 4.98 Å². The van der Waals surface area contributed by atoms with Crippen LogP contribution in [-0.2, 0) is 6.18 Å². The minimum Gasteiger partial charge on any atom is -0.322 e. The molecule has 3 nitrogen and oxygen atoms in total. The van der Waals surface area contributed by atoms with E-state index < -0.39 is 11.9 Å². The van der Waals surface area contributed by atoms with E-state index in [1.54, 1.807) is 0 Å². The summed E-state index contributed by atoms with van der Waals surface area (Å²) in [5.41, 5.74) is 0.639. The van der Waals surface area contributed by atoms with Crippen LogP contribution in [0.3, 0.4) is 0 Å². The highest BCUT2D eigenvalue weighted by molar-refractivity contribution is 9.10. The third-order valence-corrected chi connectivity index (χ3v) is 1.71. The molecule has 72 valence electrons. The van der Waals surface area contributed by atoms with Gasteiger partial charge in [0.2, 0.25) is 0 Å². The van der Waals surface area contributed by atoms with Gasteiger partial charge in [-0.2, -0.15) is 13.2 Å². The van der Waals surface area contributed by atoms with Crippen molar-refractivity contribution in [1.82, 2.24) is 4.98 Å². The highest BCUT2D eigenvalue weighted by Gasteiger charge is 2.35. The number of hydrazine groups is 1. The SMILES string of the molecule is NNc1cc(Br)cnc1C(F)(F)F. The number of nitrogen functional groups attached to an aromatic ring is 1. The zero-order valence-electron chi connectivity index (χ0n) is 6.19. The third kappa shape index (κ3) is 2.31. The molecule has 0 aromatic carbocycles. The summed E-state index contributed by atoms with van der Waals surface area (Å²) in [5, 5.41) is 0. The summed E-state index contributed by atoms with van der Waals surface area (Å²) in [6.45, 7) is 0. The maximum absolute atomic E-state index is 12.2. The van der Waals surface area contributed by atoms with Gasteiger partial charge in [0.15, 0.2) is 5.69 Å². The second-order valence-electron chi connectivity index (χ2n) is 2.19. The molecule has 0 saturated heterocycles. The predicted molar refractivity (Wildman–Crippen MR) is 44.7 cm³/mol. The van der Waals surface area contributed by atoms with Gasteiger partial charge in [0.25, 0.3) is 0 Å². The number of aromatic nitrogens is 1. The molecule has 3 N–H and O–H groups in total. The van der Waals surface area contributed by atoms with Crippen LogP contribution in [0.2, 0.25) is 0 Å². The molecule has 0 aliphatic heterocycles. The first-order valence-corrected chi connectivity index (χ1v) is 3.94. The van der Waals surface area contributed by atoms with Gasteiger partial charge < -0.3 is 5.43 Å². The van der Waals surface area contributed by atoms with Crippen LogP contribution in [0, 0.1) is 0 Å². The van der Waals surface area contributed by atoms with Crippen LogP contribution in [0.15, 0.2) is 16.7 Å². The van der Waals surface area contributed by atoms with Gasteiger partial charge in [-0.3, -0.25) is 5.84 Å². The number of rotatable bonds is 1. The lowest BCUT2D eigenvalue weighted by molar-refractivity contribution is -0.140. The number of hydrogen-bond acceptors (Lipinski definition) is 3. The summed E-state index contributed by atoms with van der Waals surface area (Å²) in [4.78, 5) is 3.21. The molecule has 0 atom stereocenters. The Bertz CT molecular complexity index is 312. The smallest absolute Gasteiger partial charge is 0.322 e. The van der Waals surface area contributed by atoms with Crippen molar-refractivity contribution in [2.24, 2.45) is 5.84 Å². The first-order chi connectivity index (χ1) is 5.95. The van der Waals surface area contributed by atoms with Crippen molar-refractivity contribution in [1.29, 1.82) is 0 Å². The standard InChI is InChI=1S/C6H5BrF3N3/c7-3-1-4(13-11)5(12-2-3)6(8,9)10/h1-2,13H,11H2. The molecule has 1 rings (SSSR count). The normalized spacial score (nSPS) is 11.5. The average molecular weight is 256 g/mol. The Kier molecular flexibility index (Phi) is 2.77. The number of pyridine rings is 1. The summed E-state index contributed by atoms with van der Waals surface area (Å²) >= 11 is 2.98. The van der Waals surface area contributed by atoms with Crippen LogP contribution in [0.25, 0.3) is 0 Å². The number of hydrogen-bond donors (Lipinski definition) is 2. The molecule has 0 fully saturated rings. The molecule has 7 heteroatoms. The molecule has 0 bridgehead atoms. The predicted octanol–water partition coefficient (Wildman–Crippen LogP) is 2.15. The molecule has 0 aliphatic carbocycles. The van der Waals surface area contributed by atoms with Gasteiger partial charge in [-0.1, -0.05) is 0 Å². The lowest BCUT2D eigenvalue weighted by atomic mass is 10.3. The summed E-state index contributed by atoms with van der Waals surface area (Å²) in [6, 6.07) is 1.20. The van der Waals surface area contributed by atoms with Crippen molar-refractivity contribution in [2.45, 2.75) is 6.18 Å². The molecular weight excluding hydrogens is 251 g/mol. The van der Waals surface area contributed by atoms with E-state index in [0.29, 0.717) is 4.47 Å². The van der Waals surface area contributed by atoms with Gasteiger partial charge in [-0.15, -0.1) is 0 Å². The van der Waals surface area contributed by atoms with E-state index in [1.807, 2.05) is 5.43 Å². The number of halogens is 4. The van der Waals surface area contributed by atoms with Crippen LogP contribution in [0.5, 0.6) is 0 Å². The summed E-state index contributed by atoms with van der Waals surface area (Å²) in [7, 11) is 0. The quantitative estimate of drug-likeness (QED) is 0.597. The van der Waals surface area contributed by atoms with Crippen LogP contribution in [0.4, 0.5) is 18.9 Å². The molecule has 1 aromatic heterocycles. The van der Waals surface area contributed by atoms with Crippen molar-refractivity contribution in [3.8, 4) is 0 Å². The topological polar surface area (TPSA) is 50.9 Å². The molecule has 0 unspecified atom stereocenters. The second-order valence-corrected chi connectivity index (χ2v) is 3.11. The Morgan fingerprint density at radius 2 is 2.08 bits per heavy atom. The lowest BCUT2D eigenvalue weighted by Crippen LogP contribution is -2.16. The molecule has 0 amide bonds. The minimum absolute atomic E-state index is 0.262. The van der Waals surface area contributed by atoms with Gasteiger partial charge in [0, 0.05) is 10.7 Å². The van der Waals surface area contributed by atoms with E-state index in [4.69, 9.17) is 5.84 Å². The molecule has 1 aromatic rings. The first-order valence-electron chi connectivity index (χ1n) is 3.14. The van der Waals surface area contributed by atoms with Crippen molar-refractivity contribution < 1.29 is 13.2 Å². The molecule has 0 saturated carbocycles. The number of nitrogens with two attached hydrogens (primary N) is 1. The summed E-state index contributed by atoms with van der Waals surface area (Å²) in [5.74, 6) is 4.91. The summed E-state index contributed by atoms with van der Waals surface area (Å²) in [6.07, 6.45) is -3.44. The highest BCUT2D eigenvalue weighted by Crippen LogP contribution is 2.33. The third-order valence-electron chi connectivity index (χ3n) is 1.28. The molecular formula is C6H5BrF3N3. The number of nitrogens with one attached hydrogen (secondary N) is 1. The Balaban J connectivity index is 3.22. The van der Waals surface area contributed by atoms with Gasteiger partial charge in [0.05, 0.1) is 5.69 Å². The van der Waals surface area contributed by atoms with E-state index in [0.717, 1.165) is 6.20 Å². The Hall–Kier alpha value is -0.820. The van der Waals surface area contributed by atoms with Gasteiger partial charge in [-0.25, -0.2) is 4.98 Å². The van der Waals surface area contributed by atoms with Gasteiger partial charge >= 0.3 is 6.18 Å². The van der Waals surface area contributed by atoms with Crippen LogP contribution in [0.1, 0.15) is 5.69 Å². The monoisotopic (exact) mass is 255 g/mol. The van der Waals surface area contributed by atoms with E-state index in [9.17, 15) is 13.2 Å². The molecule has 0 radical (unpaired) electrons. The zero-order valence-corrected chi connectivity index (χ0v) is 7.78. The van der Waals surface area contributed by atoms with Crippen LogP contribution >= 0.6 is 15.9 Å². The largest absolute Gasteiger partial charge is 0.435 e. The Morgan fingerprint density at radius 1 is 1.46 bits per heavy atom. The maximum Gasteiger partial charge on any atom is 0.435 e. The van der Waals surface area contributed by atoms with E-state index in [-0.39, 0.29) is 5.69 Å². The van der Waals surface area contributed by atoms with E-state index in [2.05, 4.69) is 20.9 Å². The number of alkyl halides is 3. The summed E-state index contributed by atoms with van der Waals surface area (Å²) < 4.78 is 37.0. The fraction of sp³-hybridized carbons (Fsp3) is 0.167. The molecule has 1 heterocycles. The number of anilines is 1. The minimum atomic E-state index is -4.50. The molecule has 0 spiro atoms. The highest BCUT2D eigenvalue weighted by atomic mass is 79.9. The number of nitrogens with zero attached hydrogens (tertiary/aromatic N) is 1.